The van der Waals surface area contributed by atoms with E-state index >= 15 is 0 Å². The molecule has 0 aliphatic heterocycles. The maximum Gasteiger partial charge on any atom is 0.451 e. The van der Waals surface area contributed by atoms with Gasteiger partial charge in [0.05, 0.1) is 0 Å². The molecule has 0 unspecified atom stereocenters. The highest BCUT2D eigenvalue weighted by Crippen LogP contribution is 2.29. The topological polar surface area (TPSA) is 49.8 Å². The monoisotopic (exact) mass is 300 g/mol. The predicted octanol–water partition coefficient (Wildman–Crippen LogP) is 3.81. The first-order chi connectivity index (χ1) is 9.88. The summed E-state index contributed by atoms with van der Waals surface area (Å²) < 4.78 is 51.3. The van der Waals surface area contributed by atoms with Crippen molar-refractivity contribution in [3.05, 3.63) is 42.0 Å². The highest BCUT2D eigenvalue weighted by molar-refractivity contribution is 5.59. The van der Waals surface area contributed by atoms with Gasteiger partial charge in [0.15, 0.2) is 0 Å². The fraction of sp³-hybridized carbons (Fsp3) is 0.231. The molecule has 0 radical (unpaired) electrons. The fourth-order valence-electron chi connectivity index (χ4n) is 1.62. The summed E-state index contributed by atoms with van der Waals surface area (Å²) in [4.78, 5) is 6.79. The SMILES string of the molecule is CCNc1cc(Nc2cccc(F)c2)nc(C(F)(F)F)n1. The second kappa shape index (κ2) is 5.94. The van der Waals surface area contributed by atoms with E-state index in [0.29, 0.717) is 12.2 Å². The Morgan fingerprint density at radius 3 is 2.43 bits per heavy atom. The summed E-state index contributed by atoms with van der Waals surface area (Å²) in [6, 6.07) is 6.67. The van der Waals surface area contributed by atoms with Gasteiger partial charge >= 0.3 is 6.18 Å². The molecule has 0 aliphatic rings. The minimum Gasteiger partial charge on any atom is -0.370 e. The van der Waals surface area contributed by atoms with Crippen molar-refractivity contribution in [2.45, 2.75) is 13.1 Å². The van der Waals surface area contributed by atoms with Crippen molar-refractivity contribution in [2.24, 2.45) is 0 Å². The molecule has 0 saturated heterocycles. The number of nitrogens with one attached hydrogen (secondary N) is 2. The van der Waals surface area contributed by atoms with Crippen LogP contribution in [0.5, 0.6) is 0 Å². The van der Waals surface area contributed by atoms with Crippen LogP contribution in [0.3, 0.4) is 0 Å². The molecule has 8 heteroatoms. The number of aromatic nitrogens is 2. The molecule has 112 valence electrons. The van der Waals surface area contributed by atoms with Crippen molar-refractivity contribution < 1.29 is 17.6 Å². The summed E-state index contributed by atoms with van der Waals surface area (Å²) in [5.41, 5.74) is 0.296. The Kier molecular flexibility index (Phi) is 4.25. The molecule has 4 nitrogen and oxygen atoms in total. The molecule has 0 bridgehead atoms. The Labute approximate surface area is 118 Å². The third kappa shape index (κ3) is 4.04. The lowest BCUT2D eigenvalue weighted by molar-refractivity contribution is -0.144. The van der Waals surface area contributed by atoms with Crippen LogP contribution in [-0.4, -0.2) is 16.5 Å². The van der Waals surface area contributed by atoms with Crippen LogP contribution in [-0.2, 0) is 6.18 Å². The molecule has 1 heterocycles. The average molecular weight is 300 g/mol. The van der Waals surface area contributed by atoms with Crippen molar-refractivity contribution in [2.75, 3.05) is 17.2 Å². The van der Waals surface area contributed by atoms with Crippen molar-refractivity contribution in [1.82, 2.24) is 9.97 Å². The van der Waals surface area contributed by atoms with Crippen molar-refractivity contribution >= 4 is 17.3 Å². The van der Waals surface area contributed by atoms with E-state index in [9.17, 15) is 17.6 Å². The third-order valence-corrected chi connectivity index (χ3v) is 2.43. The number of halogens is 4. The van der Waals surface area contributed by atoms with E-state index in [2.05, 4.69) is 20.6 Å². The number of benzene rings is 1. The lowest BCUT2D eigenvalue weighted by atomic mass is 10.3. The molecule has 0 aliphatic carbocycles. The molecule has 0 spiro atoms. The van der Waals surface area contributed by atoms with Crippen LogP contribution < -0.4 is 10.6 Å². The molecule has 0 amide bonds. The van der Waals surface area contributed by atoms with E-state index < -0.39 is 17.8 Å². The van der Waals surface area contributed by atoms with Gasteiger partial charge in [-0.05, 0) is 25.1 Å². The zero-order valence-electron chi connectivity index (χ0n) is 11.0. The first-order valence-electron chi connectivity index (χ1n) is 6.11. The van der Waals surface area contributed by atoms with Crippen LogP contribution >= 0.6 is 0 Å². The zero-order valence-corrected chi connectivity index (χ0v) is 11.0. The van der Waals surface area contributed by atoms with Gasteiger partial charge in [0.25, 0.3) is 0 Å². The van der Waals surface area contributed by atoms with Gasteiger partial charge in [-0.15, -0.1) is 0 Å². The van der Waals surface area contributed by atoms with E-state index in [1.165, 1.54) is 24.3 Å². The Hall–Kier alpha value is -2.38. The molecule has 0 atom stereocenters. The summed E-state index contributed by atoms with van der Waals surface area (Å²) in [5, 5.41) is 5.32. The van der Waals surface area contributed by atoms with Gasteiger partial charge < -0.3 is 10.6 Å². The van der Waals surface area contributed by atoms with E-state index in [0.717, 1.165) is 6.07 Å². The number of alkyl halides is 3. The largest absolute Gasteiger partial charge is 0.451 e. The molecule has 2 rings (SSSR count). The van der Waals surface area contributed by atoms with Gasteiger partial charge in [0.1, 0.15) is 17.5 Å². The molecule has 0 fully saturated rings. The fourth-order valence-corrected chi connectivity index (χ4v) is 1.62. The van der Waals surface area contributed by atoms with E-state index in [-0.39, 0.29) is 11.6 Å². The highest BCUT2D eigenvalue weighted by Gasteiger charge is 2.35. The van der Waals surface area contributed by atoms with Crippen LogP contribution in [0.4, 0.5) is 34.9 Å². The van der Waals surface area contributed by atoms with Gasteiger partial charge in [-0.3, -0.25) is 0 Å². The first-order valence-corrected chi connectivity index (χ1v) is 6.11. The van der Waals surface area contributed by atoms with Crippen molar-refractivity contribution in [3.8, 4) is 0 Å². The minimum absolute atomic E-state index is 0.0405. The Bertz CT molecular complexity index is 628. The predicted molar refractivity (Wildman–Crippen MR) is 70.9 cm³/mol. The smallest absolute Gasteiger partial charge is 0.370 e. The van der Waals surface area contributed by atoms with Crippen LogP contribution in [0.1, 0.15) is 12.7 Å². The van der Waals surface area contributed by atoms with Crippen molar-refractivity contribution in [1.29, 1.82) is 0 Å². The van der Waals surface area contributed by atoms with E-state index in [1.54, 1.807) is 6.92 Å². The average Bonchev–Trinajstić information content (AvgIpc) is 2.37. The van der Waals surface area contributed by atoms with Gasteiger partial charge in [0, 0.05) is 18.3 Å². The second-order valence-electron chi connectivity index (χ2n) is 4.13. The molecule has 2 aromatic rings. The zero-order chi connectivity index (χ0) is 15.5. The molecular weight excluding hydrogens is 288 g/mol. The van der Waals surface area contributed by atoms with Gasteiger partial charge in [-0.2, -0.15) is 13.2 Å². The number of hydrogen-bond acceptors (Lipinski definition) is 4. The summed E-state index contributed by atoms with van der Waals surface area (Å²) in [6.45, 7) is 2.14. The quantitative estimate of drug-likeness (QED) is 0.843. The number of hydrogen-bond donors (Lipinski definition) is 2. The minimum atomic E-state index is -4.66. The summed E-state index contributed by atoms with van der Waals surface area (Å²) in [7, 11) is 0. The lowest BCUT2D eigenvalue weighted by Gasteiger charge is -2.12. The first kappa shape index (κ1) is 15.0. The third-order valence-electron chi connectivity index (χ3n) is 2.43. The molecule has 1 aromatic carbocycles. The summed E-state index contributed by atoms with van der Waals surface area (Å²) >= 11 is 0. The number of rotatable bonds is 4. The van der Waals surface area contributed by atoms with Gasteiger partial charge in [-0.25, -0.2) is 14.4 Å². The Balaban J connectivity index is 2.35. The van der Waals surface area contributed by atoms with Crippen molar-refractivity contribution in [3.63, 3.8) is 0 Å². The summed E-state index contributed by atoms with van der Waals surface area (Å²) in [5.74, 6) is -1.80. The van der Waals surface area contributed by atoms with Gasteiger partial charge in [0.2, 0.25) is 5.82 Å². The van der Waals surface area contributed by atoms with E-state index in [4.69, 9.17) is 0 Å². The molecule has 0 saturated carbocycles. The van der Waals surface area contributed by atoms with Gasteiger partial charge in [-0.1, -0.05) is 6.07 Å². The van der Waals surface area contributed by atoms with Crippen LogP contribution in [0.2, 0.25) is 0 Å². The maximum absolute atomic E-state index is 13.1. The molecule has 2 N–H and O–H groups in total. The lowest BCUT2D eigenvalue weighted by Crippen LogP contribution is -2.14. The molecule has 1 aromatic heterocycles. The second-order valence-corrected chi connectivity index (χ2v) is 4.13. The molecular formula is C13H12F4N4. The van der Waals surface area contributed by atoms with E-state index in [1.807, 2.05) is 0 Å². The van der Waals surface area contributed by atoms with Crippen LogP contribution in [0.25, 0.3) is 0 Å². The van der Waals surface area contributed by atoms with Crippen LogP contribution in [0, 0.1) is 5.82 Å². The number of anilines is 3. The Morgan fingerprint density at radius 1 is 1.10 bits per heavy atom. The number of nitrogens with zero attached hydrogens (tertiary/aromatic N) is 2. The summed E-state index contributed by atoms with van der Waals surface area (Å²) in [6.07, 6.45) is -4.66. The normalized spacial score (nSPS) is 11.3. The highest BCUT2D eigenvalue weighted by atomic mass is 19.4. The maximum atomic E-state index is 13.1. The van der Waals surface area contributed by atoms with Crippen LogP contribution in [0.15, 0.2) is 30.3 Å². The Morgan fingerprint density at radius 2 is 1.81 bits per heavy atom. The molecule has 21 heavy (non-hydrogen) atoms. The standard InChI is InChI=1S/C13H12F4N4/c1-2-18-10-7-11(21-12(20-10)13(15,16)17)19-9-5-3-4-8(14)6-9/h3-7H,2H2,1H3,(H2,18,19,20,21).